The molecule has 0 saturated heterocycles. The van der Waals surface area contributed by atoms with Gasteiger partial charge in [-0.3, -0.25) is 0 Å². The fraction of sp³-hybridized carbons (Fsp3) is 1.00. The van der Waals surface area contributed by atoms with E-state index in [1.54, 1.807) is 0 Å². The van der Waals surface area contributed by atoms with E-state index >= 15 is 0 Å². The topological polar surface area (TPSA) is 46.2 Å². The van der Waals surface area contributed by atoms with Gasteiger partial charge in [0.15, 0.2) is 0 Å². The Balaban J connectivity index is 2.23. The molecule has 2 aliphatic rings. The van der Waals surface area contributed by atoms with Crippen molar-refractivity contribution in [3.05, 3.63) is 0 Å². The lowest BCUT2D eigenvalue weighted by Crippen LogP contribution is -2.60. The summed E-state index contributed by atoms with van der Waals surface area (Å²) in [5, 5.41) is 11.7. The van der Waals surface area contributed by atoms with Gasteiger partial charge in [-0.05, 0) is 56.3 Å². The quantitative estimate of drug-likeness (QED) is 0.814. The first-order valence-electron chi connectivity index (χ1n) is 8.91. The summed E-state index contributed by atoms with van der Waals surface area (Å²) in [6.07, 6.45) is 10.7. The molecule has 2 rings (SSSR count). The molecule has 2 saturated carbocycles. The van der Waals surface area contributed by atoms with Crippen LogP contribution in [-0.4, -0.2) is 17.3 Å². The van der Waals surface area contributed by atoms with Crippen molar-refractivity contribution in [2.75, 3.05) is 6.54 Å². The van der Waals surface area contributed by atoms with Crippen LogP contribution in [0.25, 0.3) is 0 Å². The van der Waals surface area contributed by atoms with Crippen molar-refractivity contribution in [1.82, 2.24) is 0 Å². The molecule has 0 aliphatic heterocycles. The Morgan fingerprint density at radius 1 is 1.10 bits per heavy atom. The van der Waals surface area contributed by atoms with Crippen molar-refractivity contribution in [2.24, 2.45) is 28.9 Å². The van der Waals surface area contributed by atoms with Crippen molar-refractivity contribution in [2.45, 2.75) is 84.2 Å². The van der Waals surface area contributed by atoms with Gasteiger partial charge in [-0.25, -0.2) is 0 Å². The zero-order valence-electron chi connectivity index (χ0n) is 13.8. The van der Waals surface area contributed by atoms with Gasteiger partial charge in [0.25, 0.3) is 0 Å². The van der Waals surface area contributed by atoms with Crippen molar-refractivity contribution in [3.63, 3.8) is 0 Å². The van der Waals surface area contributed by atoms with E-state index in [2.05, 4.69) is 20.8 Å². The fourth-order valence-corrected chi connectivity index (χ4v) is 5.18. The van der Waals surface area contributed by atoms with Gasteiger partial charge in [0, 0.05) is 12.0 Å². The molecule has 0 aromatic carbocycles. The third-order valence-corrected chi connectivity index (χ3v) is 6.69. The van der Waals surface area contributed by atoms with E-state index in [4.69, 9.17) is 5.73 Å². The van der Waals surface area contributed by atoms with E-state index in [0.29, 0.717) is 18.4 Å². The summed E-state index contributed by atoms with van der Waals surface area (Å²) in [6, 6.07) is 0. The highest BCUT2D eigenvalue weighted by atomic mass is 16.3. The Hall–Kier alpha value is -0.0800. The predicted octanol–water partition coefficient (Wildman–Crippen LogP) is 4.11. The molecule has 2 nitrogen and oxygen atoms in total. The average molecular weight is 281 g/mol. The van der Waals surface area contributed by atoms with Crippen LogP contribution < -0.4 is 5.73 Å². The van der Waals surface area contributed by atoms with E-state index in [-0.39, 0.29) is 5.41 Å². The van der Waals surface area contributed by atoms with Gasteiger partial charge >= 0.3 is 0 Å². The molecule has 0 bridgehead atoms. The molecular weight excluding hydrogens is 246 g/mol. The maximum Gasteiger partial charge on any atom is 0.0746 e. The normalized spacial score (nSPS) is 42.9. The molecular formula is C18H35NO. The highest BCUT2D eigenvalue weighted by Crippen LogP contribution is 2.55. The zero-order chi connectivity index (χ0) is 14.8. The summed E-state index contributed by atoms with van der Waals surface area (Å²) < 4.78 is 0. The summed E-state index contributed by atoms with van der Waals surface area (Å²) >= 11 is 0. The van der Waals surface area contributed by atoms with Crippen molar-refractivity contribution < 1.29 is 5.11 Å². The molecule has 2 aliphatic carbocycles. The number of hydrogen-bond donors (Lipinski definition) is 2. The minimum Gasteiger partial charge on any atom is -0.389 e. The molecule has 0 aromatic heterocycles. The van der Waals surface area contributed by atoms with Crippen molar-refractivity contribution >= 4 is 0 Å². The maximum atomic E-state index is 11.7. The smallest absolute Gasteiger partial charge is 0.0746 e. The minimum atomic E-state index is -0.507. The van der Waals surface area contributed by atoms with E-state index in [0.717, 1.165) is 25.2 Å². The molecule has 3 N–H and O–H groups in total. The summed E-state index contributed by atoms with van der Waals surface area (Å²) in [5.74, 6) is 1.87. The van der Waals surface area contributed by atoms with Crippen LogP contribution in [-0.2, 0) is 0 Å². The van der Waals surface area contributed by atoms with Crippen LogP contribution in [0.5, 0.6) is 0 Å². The van der Waals surface area contributed by atoms with Crippen LogP contribution in [0, 0.1) is 23.2 Å². The Morgan fingerprint density at radius 2 is 1.75 bits per heavy atom. The Morgan fingerprint density at radius 3 is 2.25 bits per heavy atom. The number of nitrogens with two attached hydrogens (primary N) is 1. The van der Waals surface area contributed by atoms with Crippen LogP contribution in [0.2, 0.25) is 0 Å². The van der Waals surface area contributed by atoms with Crippen LogP contribution in [0.1, 0.15) is 78.6 Å². The summed E-state index contributed by atoms with van der Waals surface area (Å²) in [7, 11) is 0. The lowest BCUT2D eigenvalue weighted by atomic mass is 9.52. The standard InChI is InChI=1S/C18H35NO/c1-4-15-8-11-17(13-19,12-9-15)18(20)10-6-5-7-16(18)14(2)3/h14-16,20H,4-13,19H2,1-3H3. The lowest BCUT2D eigenvalue weighted by molar-refractivity contribution is -0.172. The van der Waals surface area contributed by atoms with Crippen LogP contribution in [0.4, 0.5) is 0 Å². The minimum absolute atomic E-state index is 0.00593. The second kappa shape index (κ2) is 6.36. The SMILES string of the molecule is CCC1CCC(CN)(C2(O)CCCCC2C(C)C)CC1. The zero-order valence-corrected chi connectivity index (χ0v) is 13.8. The largest absolute Gasteiger partial charge is 0.389 e. The first kappa shape index (κ1) is 16.3. The van der Waals surface area contributed by atoms with E-state index < -0.39 is 5.60 Å². The van der Waals surface area contributed by atoms with Crippen molar-refractivity contribution in [1.29, 1.82) is 0 Å². The summed E-state index contributed by atoms with van der Waals surface area (Å²) in [4.78, 5) is 0. The highest BCUT2D eigenvalue weighted by Gasteiger charge is 2.55. The predicted molar refractivity (Wildman–Crippen MR) is 85.5 cm³/mol. The van der Waals surface area contributed by atoms with Gasteiger partial charge in [-0.1, -0.05) is 40.0 Å². The molecule has 20 heavy (non-hydrogen) atoms. The molecule has 0 aromatic rings. The average Bonchev–Trinajstić information content (AvgIpc) is 2.47. The molecule has 2 atom stereocenters. The number of hydrogen-bond acceptors (Lipinski definition) is 2. The van der Waals surface area contributed by atoms with Gasteiger partial charge in [-0.15, -0.1) is 0 Å². The molecule has 0 spiro atoms. The van der Waals surface area contributed by atoms with Crippen molar-refractivity contribution in [3.8, 4) is 0 Å². The van der Waals surface area contributed by atoms with Gasteiger partial charge in [0.2, 0.25) is 0 Å². The van der Waals surface area contributed by atoms with Gasteiger partial charge in [0.1, 0.15) is 0 Å². The number of aliphatic hydroxyl groups is 1. The van der Waals surface area contributed by atoms with E-state index in [9.17, 15) is 5.11 Å². The molecule has 2 fully saturated rings. The van der Waals surface area contributed by atoms with Gasteiger partial charge in [-0.2, -0.15) is 0 Å². The lowest BCUT2D eigenvalue weighted by Gasteiger charge is -2.57. The second-order valence-electron chi connectivity index (χ2n) is 7.86. The van der Waals surface area contributed by atoms with Crippen LogP contribution in [0.15, 0.2) is 0 Å². The van der Waals surface area contributed by atoms with Crippen LogP contribution >= 0.6 is 0 Å². The Kier molecular flexibility index (Phi) is 5.18. The van der Waals surface area contributed by atoms with Gasteiger partial charge < -0.3 is 10.8 Å². The molecule has 118 valence electrons. The molecule has 0 amide bonds. The molecule has 0 heterocycles. The van der Waals surface area contributed by atoms with E-state index in [1.807, 2.05) is 0 Å². The maximum absolute atomic E-state index is 11.7. The first-order chi connectivity index (χ1) is 9.49. The molecule has 0 radical (unpaired) electrons. The molecule has 2 unspecified atom stereocenters. The van der Waals surface area contributed by atoms with Crippen LogP contribution in [0.3, 0.4) is 0 Å². The Bertz CT molecular complexity index is 307. The monoisotopic (exact) mass is 281 g/mol. The summed E-state index contributed by atoms with van der Waals surface area (Å²) in [5.41, 5.74) is 5.73. The fourth-order valence-electron chi connectivity index (χ4n) is 5.18. The van der Waals surface area contributed by atoms with Gasteiger partial charge in [0.05, 0.1) is 5.60 Å². The first-order valence-corrected chi connectivity index (χ1v) is 8.91. The highest BCUT2D eigenvalue weighted by molar-refractivity contribution is 5.07. The third-order valence-electron chi connectivity index (χ3n) is 6.69. The van der Waals surface area contributed by atoms with E-state index in [1.165, 1.54) is 38.5 Å². The second-order valence-corrected chi connectivity index (χ2v) is 7.86. The summed E-state index contributed by atoms with van der Waals surface area (Å²) in [6.45, 7) is 7.53. The molecule has 2 heteroatoms. The number of rotatable bonds is 4. The third kappa shape index (κ3) is 2.66. The Labute approximate surface area is 125 Å².